The summed E-state index contributed by atoms with van der Waals surface area (Å²) in [6, 6.07) is 2.29. The minimum atomic E-state index is -3.90. The summed E-state index contributed by atoms with van der Waals surface area (Å²) in [5.41, 5.74) is 0. The van der Waals surface area contributed by atoms with E-state index >= 15 is 0 Å². The normalized spacial score (nSPS) is 17.6. The van der Waals surface area contributed by atoms with Gasteiger partial charge in [-0.1, -0.05) is 0 Å². The maximum absolute atomic E-state index is 13.8. The fourth-order valence-electron chi connectivity index (χ4n) is 2.58. The molecule has 0 spiro atoms. The number of hydrogen-bond acceptors (Lipinski definition) is 4. The molecule has 1 aliphatic heterocycles. The van der Waals surface area contributed by atoms with Crippen molar-refractivity contribution in [2.24, 2.45) is 5.92 Å². The molecule has 5 nitrogen and oxygen atoms in total. The van der Waals surface area contributed by atoms with Crippen LogP contribution in [0.4, 0.5) is 4.39 Å². The Kier molecular flexibility index (Phi) is 5.29. The monoisotopic (exact) mass is 315 g/mol. The molecule has 1 aromatic rings. The van der Waals surface area contributed by atoms with Crippen LogP contribution in [-0.4, -0.2) is 43.4 Å². The summed E-state index contributed by atoms with van der Waals surface area (Å²) in [5.74, 6) is -0.497. The Balaban J connectivity index is 2.26. The van der Waals surface area contributed by atoms with E-state index in [4.69, 9.17) is 0 Å². The van der Waals surface area contributed by atoms with Gasteiger partial charge in [-0.2, -0.15) is 4.31 Å². The molecule has 2 heterocycles. The highest BCUT2D eigenvalue weighted by atomic mass is 32.2. The molecule has 1 saturated heterocycles. The Morgan fingerprint density at radius 2 is 2.10 bits per heavy atom. The van der Waals surface area contributed by atoms with E-state index in [-0.39, 0.29) is 6.04 Å². The van der Waals surface area contributed by atoms with Gasteiger partial charge < -0.3 is 5.32 Å². The summed E-state index contributed by atoms with van der Waals surface area (Å²) in [4.78, 5) is 3.73. The van der Waals surface area contributed by atoms with Crippen LogP contribution in [0.15, 0.2) is 23.4 Å². The molecule has 0 aliphatic carbocycles. The molecule has 0 atom stereocenters. The predicted molar refractivity (Wildman–Crippen MR) is 78.8 cm³/mol. The minimum absolute atomic E-state index is 0.230. The number of aromatic nitrogens is 1. The molecule has 0 bridgehead atoms. The van der Waals surface area contributed by atoms with Gasteiger partial charge in [0.05, 0.1) is 0 Å². The number of piperidine rings is 1. The summed E-state index contributed by atoms with van der Waals surface area (Å²) in [6.07, 6.45) is 3.17. The van der Waals surface area contributed by atoms with Gasteiger partial charge in [-0.05, 0) is 57.8 Å². The second-order valence-electron chi connectivity index (χ2n) is 5.65. The second-order valence-corrected chi connectivity index (χ2v) is 7.46. The number of nitrogens with zero attached hydrogens (tertiary/aromatic N) is 2. The molecule has 0 aromatic carbocycles. The smallest absolute Gasteiger partial charge is 0.263 e. The summed E-state index contributed by atoms with van der Waals surface area (Å²) >= 11 is 0. The van der Waals surface area contributed by atoms with E-state index < -0.39 is 20.9 Å². The molecular formula is C14H22FN3O2S. The lowest BCUT2D eigenvalue weighted by molar-refractivity contribution is 0.259. The number of rotatable bonds is 5. The Morgan fingerprint density at radius 1 is 1.43 bits per heavy atom. The molecule has 1 fully saturated rings. The molecule has 0 saturated carbocycles. The maximum atomic E-state index is 13.8. The zero-order valence-corrected chi connectivity index (χ0v) is 13.2. The summed E-state index contributed by atoms with van der Waals surface area (Å²) in [6.45, 7) is 5.82. The van der Waals surface area contributed by atoms with E-state index in [1.54, 1.807) is 13.8 Å². The minimum Gasteiger partial charge on any atom is -0.317 e. The highest BCUT2D eigenvalue weighted by Crippen LogP contribution is 2.23. The SMILES string of the molecule is CC(C)N(CC1CCNCC1)S(=O)(=O)c1ncccc1F. The topological polar surface area (TPSA) is 62.3 Å². The van der Waals surface area contributed by atoms with Crippen molar-refractivity contribution >= 4 is 10.0 Å². The molecule has 21 heavy (non-hydrogen) atoms. The molecule has 7 heteroatoms. The second kappa shape index (κ2) is 6.81. The number of nitrogens with one attached hydrogen (secondary N) is 1. The first-order chi connectivity index (χ1) is 9.93. The summed E-state index contributed by atoms with van der Waals surface area (Å²) in [7, 11) is -3.90. The summed E-state index contributed by atoms with van der Waals surface area (Å²) < 4.78 is 40.5. The zero-order chi connectivity index (χ0) is 15.5. The van der Waals surface area contributed by atoms with Crippen LogP contribution >= 0.6 is 0 Å². The molecule has 1 aromatic heterocycles. The van der Waals surface area contributed by atoms with Crippen LogP contribution in [0, 0.1) is 11.7 Å². The van der Waals surface area contributed by atoms with Crippen molar-refractivity contribution in [2.75, 3.05) is 19.6 Å². The van der Waals surface area contributed by atoms with Gasteiger partial charge in [0.15, 0.2) is 5.82 Å². The molecule has 1 N–H and O–H groups in total. The third kappa shape index (κ3) is 3.78. The molecule has 0 amide bonds. The first-order valence-corrected chi connectivity index (χ1v) is 8.70. The van der Waals surface area contributed by atoms with Crippen LogP contribution < -0.4 is 5.32 Å². The average molecular weight is 315 g/mol. The highest BCUT2D eigenvalue weighted by Gasteiger charge is 2.32. The number of pyridine rings is 1. The standard InChI is InChI=1S/C14H22FN3O2S/c1-11(2)18(10-12-5-8-16-9-6-12)21(19,20)14-13(15)4-3-7-17-14/h3-4,7,11-12,16H,5-6,8-10H2,1-2H3. The van der Waals surface area contributed by atoms with Gasteiger partial charge in [-0.3, -0.25) is 0 Å². The van der Waals surface area contributed by atoms with E-state index in [1.165, 1.54) is 16.6 Å². The van der Waals surface area contributed by atoms with Crippen molar-refractivity contribution in [1.29, 1.82) is 0 Å². The lowest BCUT2D eigenvalue weighted by Gasteiger charge is -2.31. The Morgan fingerprint density at radius 3 is 2.67 bits per heavy atom. The van der Waals surface area contributed by atoms with Crippen molar-refractivity contribution in [3.63, 3.8) is 0 Å². The molecule has 2 rings (SSSR count). The van der Waals surface area contributed by atoms with Crippen LogP contribution in [0.5, 0.6) is 0 Å². The number of halogens is 1. The van der Waals surface area contributed by atoms with Gasteiger partial charge in [0.1, 0.15) is 0 Å². The lowest BCUT2D eigenvalue weighted by Crippen LogP contribution is -2.43. The Bertz CT molecular complexity index is 571. The van der Waals surface area contributed by atoms with Crippen molar-refractivity contribution in [1.82, 2.24) is 14.6 Å². The van der Waals surface area contributed by atoms with Crippen LogP contribution in [0.3, 0.4) is 0 Å². The van der Waals surface area contributed by atoms with Gasteiger partial charge in [0.2, 0.25) is 5.03 Å². The van der Waals surface area contributed by atoms with Gasteiger partial charge in [0, 0.05) is 18.8 Å². The molecule has 118 valence electrons. The van der Waals surface area contributed by atoms with E-state index in [0.29, 0.717) is 12.5 Å². The first kappa shape index (κ1) is 16.3. The van der Waals surface area contributed by atoms with Gasteiger partial charge in [0.25, 0.3) is 10.0 Å². The lowest BCUT2D eigenvalue weighted by atomic mass is 9.98. The Hall–Kier alpha value is -1.05. The van der Waals surface area contributed by atoms with E-state index in [1.807, 2.05) is 0 Å². The van der Waals surface area contributed by atoms with Gasteiger partial charge >= 0.3 is 0 Å². The summed E-state index contributed by atoms with van der Waals surface area (Å²) in [5, 5.41) is 2.78. The third-order valence-corrected chi connectivity index (χ3v) is 5.73. The molecule has 0 radical (unpaired) electrons. The number of hydrogen-bond donors (Lipinski definition) is 1. The van der Waals surface area contributed by atoms with Gasteiger partial charge in [-0.15, -0.1) is 0 Å². The quantitative estimate of drug-likeness (QED) is 0.897. The number of sulfonamides is 1. The predicted octanol–water partition coefficient (Wildman–Crippen LogP) is 1.62. The largest absolute Gasteiger partial charge is 0.317 e. The fraction of sp³-hybridized carbons (Fsp3) is 0.643. The van der Waals surface area contributed by atoms with Crippen molar-refractivity contribution < 1.29 is 12.8 Å². The third-order valence-electron chi connectivity index (χ3n) is 3.75. The molecular weight excluding hydrogens is 293 g/mol. The van der Waals surface area contributed by atoms with Gasteiger partial charge in [-0.25, -0.2) is 17.8 Å². The van der Waals surface area contributed by atoms with Crippen LogP contribution in [0.1, 0.15) is 26.7 Å². The average Bonchev–Trinajstić information content (AvgIpc) is 2.45. The molecule has 1 aliphatic rings. The fourth-order valence-corrected chi connectivity index (χ4v) is 4.27. The highest BCUT2D eigenvalue weighted by molar-refractivity contribution is 7.89. The van der Waals surface area contributed by atoms with Crippen molar-refractivity contribution in [3.8, 4) is 0 Å². The van der Waals surface area contributed by atoms with Crippen molar-refractivity contribution in [2.45, 2.75) is 37.8 Å². The van der Waals surface area contributed by atoms with E-state index in [0.717, 1.165) is 32.0 Å². The van der Waals surface area contributed by atoms with E-state index in [2.05, 4.69) is 10.3 Å². The van der Waals surface area contributed by atoms with Crippen LogP contribution in [0.25, 0.3) is 0 Å². The van der Waals surface area contributed by atoms with Crippen molar-refractivity contribution in [3.05, 3.63) is 24.1 Å². The zero-order valence-electron chi connectivity index (χ0n) is 12.4. The molecule has 0 unspecified atom stereocenters. The first-order valence-electron chi connectivity index (χ1n) is 7.26. The van der Waals surface area contributed by atoms with Crippen LogP contribution in [-0.2, 0) is 10.0 Å². The Labute approximate surface area is 125 Å². The maximum Gasteiger partial charge on any atom is 0.263 e. The van der Waals surface area contributed by atoms with E-state index in [9.17, 15) is 12.8 Å². The van der Waals surface area contributed by atoms with Crippen LogP contribution in [0.2, 0.25) is 0 Å².